The van der Waals surface area contributed by atoms with Gasteiger partial charge in [-0.3, -0.25) is 9.69 Å². The van der Waals surface area contributed by atoms with Gasteiger partial charge >= 0.3 is 5.97 Å². The summed E-state index contributed by atoms with van der Waals surface area (Å²) in [6.07, 6.45) is 1.84. The minimum absolute atomic E-state index is 0.0380. The van der Waals surface area contributed by atoms with Gasteiger partial charge in [-0.05, 0) is 42.7 Å². The van der Waals surface area contributed by atoms with E-state index in [-0.39, 0.29) is 12.6 Å². The number of hydrogen-bond donors (Lipinski definition) is 1. The van der Waals surface area contributed by atoms with E-state index in [1.807, 2.05) is 42.5 Å². The third-order valence-corrected chi connectivity index (χ3v) is 5.25. The lowest BCUT2D eigenvalue weighted by atomic mass is 10.0. The van der Waals surface area contributed by atoms with Crippen LogP contribution in [0.5, 0.6) is 5.75 Å². The van der Waals surface area contributed by atoms with Crippen molar-refractivity contribution in [1.29, 1.82) is 0 Å². The minimum atomic E-state index is -0.799. The summed E-state index contributed by atoms with van der Waals surface area (Å²) in [6, 6.07) is 15.9. The molecule has 0 spiro atoms. The summed E-state index contributed by atoms with van der Waals surface area (Å²) in [5.41, 5.74) is 2.19. The molecule has 0 radical (unpaired) electrons. The Bertz CT molecular complexity index is 776. The van der Waals surface area contributed by atoms with Gasteiger partial charge in [-0.1, -0.05) is 29.8 Å². The van der Waals surface area contributed by atoms with Crippen molar-refractivity contribution < 1.29 is 14.6 Å². The van der Waals surface area contributed by atoms with E-state index in [1.54, 1.807) is 7.11 Å². The normalized spacial score (nSPS) is 15.1. The van der Waals surface area contributed by atoms with E-state index >= 15 is 0 Å². The first-order valence-electron chi connectivity index (χ1n) is 9.14. The van der Waals surface area contributed by atoms with Crippen LogP contribution in [0, 0.1) is 0 Å². The molecule has 1 aliphatic heterocycles. The summed E-state index contributed by atoms with van der Waals surface area (Å²) < 4.78 is 5.31. The first-order chi connectivity index (χ1) is 13.0. The summed E-state index contributed by atoms with van der Waals surface area (Å²) in [4.78, 5) is 15.8. The number of ether oxygens (including phenoxy) is 1. The molecular formula is C21H25ClN2O3. The molecule has 27 heavy (non-hydrogen) atoms. The molecule has 0 aliphatic carbocycles. The second-order valence-corrected chi connectivity index (χ2v) is 7.28. The van der Waals surface area contributed by atoms with Crippen molar-refractivity contribution >= 4 is 23.3 Å². The number of aliphatic carboxylic acids is 1. The Morgan fingerprint density at radius 3 is 2.63 bits per heavy atom. The average Bonchev–Trinajstić information content (AvgIpc) is 2.67. The van der Waals surface area contributed by atoms with Crippen molar-refractivity contribution in [3.05, 3.63) is 59.1 Å². The molecule has 144 valence electrons. The summed E-state index contributed by atoms with van der Waals surface area (Å²) >= 11 is 6.08. The highest BCUT2D eigenvalue weighted by molar-refractivity contribution is 6.30. The van der Waals surface area contributed by atoms with Crippen LogP contribution < -0.4 is 9.64 Å². The molecule has 0 aromatic heterocycles. The van der Waals surface area contributed by atoms with Gasteiger partial charge in [0.1, 0.15) is 5.75 Å². The van der Waals surface area contributed by atoms with E-state index in [2.05, 4.69) is 15.9 Å². The number of halogens is 1. The molecule has 2 aromatic rings. The fourth-order valence-electron chi connectivity index (χ4n) is 3.65. The Morgan fingerprint density at radius 1 is 1.22 bits per heavy atom. The molecule has 0 atom stereocenters. The van der Waals surface area contributed by atoms with Gasteiger partial charge in [0.2, 0.25) is 0 Å². The minimum Gasteiger partial charge on any atom is -0.497 e. The van der Waals surface area contributed by atoms with E-state index < -0.39 is 5.97 Å². The smallest absolute Gasteiger partial charge is 0.317 e. The lowest BCUT2D eigenvalue weighted by Gasteiger charge is -2.39. The molecule has 1 fully saturated rings. The van der Waals surface area contributed by atoms with Crippen LogP contribution in [0.2, 0.25) is 5.02 Å². The number of methoxy groups -OCH3 is 1. The first kappa shape index (κ1) is 19.5. The Balaban J connectivity index is 1.65. The molecule has 2 aromatic carbocycles. The van der Waals surface area contributed by atoms with Crippen molar-refractivity contribution in [3.8, 4) is 5.75 Å². The van der Waals surface area contributed by atoms with Gasteiger partial charge in [-0.15, -0.1) is 0 Å². The lowest BCUT2D eigenvalue weighted by molar-refractivity contribution is -0.139. The quantitative estimate of drug-likeness (QED) is 0.779. The second kappa shape index (κ2) is 9.11. The standard InChI is InChI=1S/C21H25ClN2O3/c1-27-20-7-3-6-19(13-20)23-10-8-18(9-11-23)24(15-21(25)26)14-16-4-2-5-17(22)12-16/h2-7,12-13,18H,8-11,14-15H2,1H3,(H,25,26). The van der Waals surface area contributed by atoms with Crippen LogP contribution in [-0.4, -0.2) is 48.8 Å². The van der Waals surface area contributed by atoms with E-state index in [0.717, 1.165) is 42.9 Å². The van der Waals surface area contributed by atoms with E-state index in [1.165, 1.54) is 0 Å². The molecular weight excluding hydrogens is 364 g/mol. The zero-order valence-corrected chi connectivity index (χ0v) is 16.2. The summed E-state index contributed by atoms with van der Waals surface area (Å²) in [5.74, 6) is 0.0512. The van der Waals surface area contributed by atoms with Gasteiger partial charge in [-0.2, -0.15) is 0 Å². The highest BCUT2D eigenvalue weighted by Gasteiger charge is 2.26. The number of carboxylic acid groups (broad SMARTS) is 1. The van der Waals surface area contributed by atoms with Gasteiger partial charge in [-0.25, -0.2) is 0 Å². The molecule has 0 amide bonds. The van der Waals surface area contributed by atoms with Crippen LogP contribution in [0.25, 0.3) is 0 Å². The van der Waals surface area contributed by atoms with Gasteiger partial charge < -0.3 is 14.7 Å². The zero-order chi connectivity index (χ0) is 19.2. The third-order valence-electron chi connectivity index (χ3n) is 5.01. The number of anilines is 1. The number of rotatable bonds is 7. The van der Waals surface area contributed by atoms with Crippen molar-refractivity contribution in [2.75, 3.05) is 31.6 Å². The Morgan fingerprint density at radius 2 is 1.96 bits per heavy atom. The number of hydrogen-bond acceptors (Lipinski definition) is 4. The van der Waals surface area contributed by atoms with Crippen LogP contribution in [-0.2, 0) is 11.3 Å². The number of carboxylic acids is 1. The number of piperidine rings is 1. The van der Waals surface area contributed by atoms with Crippen LogP contribution in [0.1, 0.15) is 18.4 Å². The van der Waals surface area contributed by atoms with Gasteiger partial charge in [0.05, 0.1) is 13.7 Å². The van der Waals surface area contributed by atoms with Crippen molar-refractivity contribution in [1.82, 2.24) is 4.90 Å². The fourth-order valence-corrected chi connectivity index (χ4v) is 3.87. The molecule has 0 saturated carbocycles. The molecule has 1 saturated heterocycles. The van der Waals surface area contributed by atoms with Crippen LogP contribution >= 0.6 is 11.6 Å². The predicted molar refractivity (Wildman–Crippen MR) is 108 cm³/mol. The van der Waals surface area contributed by atoms with Crippen molar-refractivity contribution in [2.24, 2.45) is 0 Å². The number of benzene rings is 2. The van der Waals surface area contributed by atoms with Crippen molar-refractivity contribution in [3.63, 3.8) is 0 Å². The Hall–Kier alpha value is -2.24. The number of carbonyl (C=O) groups is 1. The Labute approximate surface area is 165 Å². The first-order valence-corrected chi connectivity index (χ1v) is 9.52. The Kier molecular flexibility index (Phi) is 6.58. The topological polar surface area (TPSA) is 53.0 Å². The molecule has 6 heteroatoms. The third kappa shape index (κ3) is 5.37. The summed E-state index contributed by atoms with van der Waals surface area (Å²) in [6.45, 7) is 2.42. The molecule has 0 bridgehead atoms. The summed E-state index contributed by atoms with van der Waals surface area (Å²) in [7, 11) is 1.67. The van der Waals surface area contributed by atoms with E-state index in [0.29, 0.717) is 11.6 Å². The highest BCUT2D eigenvalue weighted by atomic mass is 35.5. The van der Waals surface area contributed by atoms with Crippen molar-refractivity contribution in [2.45, 2.75) is 25.4 Å². The van der Waals surface area contributed by atoms with Gasteiger partial charge in [0.25, 0.3) is 0 Å². The molecule has 1 N–H and O–H groups in total. The van der Waals surface area contributed by atoms with E-state index in [9.17, 15) is 9.90 Å². The maximum absolute atomic E-state index is 11.4. The lowest BCUT2D eigenvalue weighted by Crippen LogP contribution is -2.46. The molecule has 0 unspecified atom stereocenters. The molecule has 1 heterocycles. The monoisotopic (exact) mass is 388 g/mol. The number of nitrogens with zero attached hydrogens (tertiary/aromatic N) is 2. The molecule has 1 aliphatic rings. The van der Waals surface area contributed by atoms with Crippen LogP contribution in [0.4, 0.5) is 5.69 Å². The van der Waals surface area contributed by atoms with Gasteiger partial charge in [0.15, 0.2) is 0 Å². The molecule has 3 rings (SSSR count). The predicted octanol–water partition coefficient (Wildman–Crippen LogP) is 3.90. The second-order valence-electron chi connectivity index (χ2n) is 6.85. The average molecular weight is 389 g/mol. The summed E-state index contributed by atoms with van der Waals surface area (Å²) in [5, 5.41) is 10.0. The van der Waals surface area contributed by atoms with Crippen LogP contribution in [0.15, 0.2) is 48.5 Å². The maximum atomic E-state index is 11.4. The maximum Gasteiger partial charge on any atom is 0.317 e. The van der Waals surface area contributed by atoms with Crippen LogP contribution in [0.3, 0.4) is 0 Å². The highest BCUT2D eigenvalue weighted by Crippen LogP contribution is 2.26. The molecule has 5 nitrogen and oxygen atoms in total. The SMILES string of the molecule is COc1cccc(N2CCC(N(CC(=O)O)Cc3cccc(Cl)c3)CC2)c1. The zero-order valence-electron chi connectivity index (χ0n) is 15.5. The van der Waals surface area contributed by atoms with E-state index in [4.69, 9.17) is 16.3 Å². The van der Waals surface area contributed by atoms with Gasteiger partial charge in [0, 0.05) is 42.5 Å². The fraction of sp³-hybridized carbons (Fsp3) is 0.381. The largest absolute Gasteiger partial charge is 0.497 e.